The molecule has 5 heteroatoms. The molecule has 3 aromatic rings. The number of aryl methyl sites for hydroxylation is 1. The molecule has 1 N–H and O–H groups in total. The van der Waals surface area contributed by atoms with Crippen LogP contribution in [0.1, 0.15) is 0 Å². The van der Waals surface area contributed by atoms with E-state index >= 15 is 0 Å². The molecule has 0 amide bonds. The molecule has 82 valence electrons. The molecule has 0 fully saturated rings. The molecule has 0 atom stereocenters. The first-order valence-electron chi connectivity index (χ1n) is 5.14. The summed E-state index contributed by atoms with van der Waals surface area (Å²) in [5, 5.41) is 21.6. The molecule has 17 heavy (non-hydrogen) atoms. The average Bonchev–Trinajstić information content (AvgIpc) is 2.65. The van der Waals surface area contributed by atoms with Crippen LogP contribution < -0.4 is 15.1 Å². The molecule has 0 aliphatic heterocycles. The smallest absolute Gasteiger partial charge is 0.334 e. The summed E-state index contributed by atoms with van der Waals surface area (Å²) in [5.41, 5.74) is 2.55. The third-order valence-corrected chi connectivity index (χ3v) is 2.91. The normalized spacial score (nSPS) is 10.9. The van der Waals surface area contributed by atoms with Gasteiger partial charge in [-0.1, -0.05) is 21.7 Å². The van der Waals surface area contributed by atoms with Crippen molar-refractivity contribution in [1.82, 2.24) is 9.61 Å². The standard InChI is InChI=1S/C12H9N5/c1-16-9-4-2-3-5-10(9)17-12(16)11(14)8(6-13)7-15-17/h2-5,7,14H,1H3. The Morgan fingerprint density at radius 3 is 2.94 bits per heavy atom. The van der Waals surface area contributed by atoms with Crippen LogP contribution in [0.2, 0.25) is 0 Å². The summed E-state index contributed by atoms with van der Waals surface area (Å²) in [5.74, 6) is 1.98. The summed E-state index contributed by atoms with van der Waals surface area (Å²) in [6, 6.07) is 7.78. The lowest BCUT2D eigenvalue weighted by Crippen LogP contribution is -2.39. The number of nitrogens with zero attached hydrogens (tertiary/aromatic N) is 4. The lowest BCUT2D eigenvalue weighted by Gasteiger charge is -1.88. The summed E-state index contributed by atoms with van der Waals surface area (Å²) >= 11 is 0. The number of hydrogen-bond acceptors (Lipinski definition) is 2. The number of para-hydroxylation sites is 2. The van der Waals surface area contributed by atoms with Gasteiger partial charge in [0, 0.05) is 5.22 Å². The Labute approximate surface area is 96.3 Å². The van der Waals surface area contributed by atoms with Gasteiger partial charge in [0.15, 0.2) is 10.9 Å². The SMILES string of the molecule is C[n+]1c2ccccc2n2ncc(=C=[N-])c(=N)c21. The van der Waals surface area contributed by atoms with E-state index in [-0.39, 0.29) is 10.6 Å². The van der Waals surface area contributed by atoms with E-state index in [2.05, 4.69) is 5.10 Å². The Morgan fingerprint density at radius 1 is 1.41 bits per heavy atom. The fraction of sp³-hybridized carbons (Fsp3) is 0.0833. The second kappa shape index (κ2) is 3.23. The predicted molar refractivity (Wildman–Crippen MR) is 62.4 cm³/mol. The molecule has 2 heterocycles. The first-order valence-corrected chi connectivity index (χ1v) is 5.14. The highest BCUT2D eigenvalue weighted by molar-refractivity contribution is 5.74. The molecule has 0 saturated carbocycles. The molecule has 0 saturated heterocycles. The molecule has 0 aliphatic rings. The van der Waals surface area contributed by atoms with Crippen LogP contribution in [0.25, 0.3) is 22.1 Å². The highest BCUT2D eigenvalue weighted by atomic mass is 15.3. The molecule has 0 spiro atoms. The topological polar surface area (TPSA) is 67.3 Å². The first kappa shape index (κ1) is 9.69. The predicted octanol–water partition coefficient (Wildman–Crippen LogP) is -0.579. The van der Waals surface area contributed by atoms with E-state index in [9.17, 15) is 0 Å². The Hall–Kier alpha value is -2.52. The summed E-state index contributed by atoms with van der Waals surface area (Å²) < 4.78 is 3.57. The molecule has 1 aromatic carbocycles. The van der Waals surface area contributed by atoms with E-state index in [4.69, 9.17) is 10.8 Å². The van der Waals surface area contributed by atoms with Gasteiger partial charge in [-0.3, -0.25) is 11.3 Å². The Morgan fingerprint density at radius 2 is 2.18 bits per heavy atom. The number of imidazole rings is 1. The van der Waals surface area contributed by atoms with Crippen LogP contribution >= 0.6 is 0 Å². The van der Waals surface area contributed by atoms with Gasteiger partial charge >= 0.3 is 5.65 Å². The number of hydrogen-bond donors (Lipinski definition) is 1. The summed E-state index contributed by atoms with van der Waals surface area (Å²) in [4.78, 5) is 0. The first-order chi connectivity index (χ1) is 8.24. The number of nitrogens with one attached hydrogen (secondary N) is 1. The highest BCUT2D eigenvalue weighted by Crippen LogP contribution is 2.09. The lowest BCUT2D eigenvalue weighted by molar-refractivity contribution is -0.619. The van der Waals surface area contributed by atoms with Crippen LogP contribution in [-0.4, -0.2) is 15.5 Å². The van der Waals surface area contributed by atoms with Crippen LogP contribution in [0.4, 0.5) is 0 Å². The molecular weight excluding hydrogens is 214 g/mol. The van der Waals surface area contributed by atoms with Gasteiger partial charge in [-0.25, -0.2) is 4.57 Å². The lowest BCUT2D eigenvalue weighted by atomic mass is 10.3. The van der Waals surface area contributed by atoms with Gasteiger partial charge < -0.3 is 5.41 Å². The number of fused-ring (bicyclic) bond motifs is 3. The molecule has 0 aliphatic carbocycles. The van der Waals surface area contributed by atoms with E-state index in [1.54, 1.807) is 4.52 Å². The largest absolute Gasteiger partial charge is 0.763 e. The minimum Gasteiger partial charge on any atom is -0.763 e. The zero-order chi connectivity index (χ0) is 12.0. The maximum Gasteiger partial charge on any atom is 0.334 e. The van der Waals surface area contributed by atoms with E-state index in [0.717, 1.165) is 11.0 Å². The Bertz CT molecular complexity index is 871. The summed E-state index contributed by atoms with van der Waals surface area (Å²) in [7, 11) is 1.87. The number of rotatable bonds is 0. The molecule has 0 radical (unpaired) electrons. The molecule has 5 nitrogen and oxygen atoms in total. The molecular formula is C12H9N5. The number of benzene rings is 1. The summed E-state index contributed by atoms with van der Waals surface area (Å²) in [6.07, 6.45) is 1.43. The fourth-order valence-electron chi connectivity index (χ4n) is 2.07. The van der Waals surface area contributed by atoms with Crippen molar-refractivity contribution >= 4 is 22.6 Å². The van der Waals surface area contributed by atoms with Crippen LogP contribution in [0.3, 0.4) is 0 Å². The van der Waals surface area contributed by atoms with Crippen molar-refractivity contribution in [2.24, 2.45) is 7.05 Å². The van der Waals surface area contributed by atoms with Crippen LogP contribution in [0, 0.1) is 5.41 Å². The van der Waals surface area contributed by atoms with Crippen LogP contribution in [-0.2, 0) is 7.05 Å². The Balaban J connectivity index is 2.78. The molecule has 0 bridgehead atoms. The Kier molecular flexibility index (Phi) is 1.84. The van der Waals surface area contributed by atoms with Crippen molar-refractivity contribution < 1.29 is 4.57 Å². The molecule has 3 rings (SSSR count). The maximum atomic E-state index is 8.92. The quantitative estimate of drug-likeness (QED) is 0.402. The second-order valence-electron chi connectivity index (χ2n) is 3.83. The highest BCUT2D eigenvalue weighted by Gasteiger charge is 2.18. The number of aromatic nitrogens is 3. The van der Waals surface area contributed by atoms with Gasteiger partial charge in [-0.05, 0) is 12.1 Å². The zero-order valence-electron chi connectivity index (χ0n) is 9.18. The van der Waals surface area contributed by atoms with Gasteiger partial charge in [0.1, 0.15) is 0 Å². The van der Waals surface area contributed by atoms with Gasteiger partial charge in [-0.15, -0.1) is 0 Å². The van der Waals surface area contributed by atoms with Gasteiger partial charge in [0.05, 0.1) is 13.2 Å². The fourth-order valence-corrected chi connectivity index (χ4v) is 2.07. The summed E-state index contributed by atoms with van der Waals surface area (Å²) in [6.45, 7) is 0. The van der Waals surface area contributed by atoms with Crippen LogP contribution in [0.15, 0.2) is 30.5 Å². The zero-order valence-corrected chi connectivity index (χ0v) is 9.18. The van der Waals surface area contributed by atoms with Gasteiger partial charge in [0.2, 0.25) is 5.52 Å². The van der Waals surface area contributed by atoms with Crippen molar-refractivity contribution in [2.75, 3.05) is 0 Å². The van der Waals surface area contributed by atoms with Crippen molar-refractivity contribution in [3.05, 3.63) is 46.4 Å². The third kappa shape index (κ3) is 1.14. The monoisotopic (exact) mass is 223 g/mol. The third-order valence-electron chi connectivity index (χ3n) is 2.91. The minimum absolute atomic E-state index is 0.209. The van der Waals surface area contributed by atoms with Crippen molar-refractivity contribution in [3.8, 4) is 0 Å². The van der Waals surface area contributed by atoms with E-state index in [1.807, 2.05) is 41.8 Å². The van der Waals surface area contributed by atoms with Crippen LogP contribution in [0.5, 0.6) is 0 Å². The minimum atomic E-state index is 0.209. The van der Waals surface area contributed by atoms with Crippen molar-refractivity contribution in [2.45, 2.75) is 0 Å². The average molecular weight is 223 g/mol. The van der Waals surface area contributed by atoms with Crippen molar-refractivity contribution in [1.29, 1.82) is 5.41 Å². The van der Waals surface area contributed by atoms with E-state index < -0.39 is 0 Å². The molecule has 2 aromatic heterocycles. The van der Waals surface area contributed by atoms with Gasteiger partial charge in [0.25, 0.3) is 0 Å². The van der Waals surface area contributed by atoms with E-state index in [1.165, 1.54) is 6.20 Å². The maximum absolute atomic E-state index is 8.92. The van der Waals surface area contributed by atoms with E-state index in [0.29, 0.717) is 5.65 Å². The van der Waals surface area contributed by atoms with Gasteiger partial charge in [-0.2, -0.15) is 0 Å². The van der Waals surface area contributed by atoms with Crippen molar-refractivity contribution in [3.63, 3.8) is 0 Å². The second-order valence-corrected chi connectivity index (χ2v) is 3.83. The molecule has 0 unspecified atom stereocenters.